The second-order valence-electron chi connectivity index (χ2n) is 7.20. The molecular weight excluding hydrogens is 284 g/mol. The van der Waals surface area contributed by atoms with E-state index in [1.165, 1.54) is 44.9 Å². The van der Waals surface area contributed by atoms with Gasteiger partial charge in [-0.3, -0.25) is 0 Å². The van der Waals surface area contributed by atoms with E-state index >= 15 is 0 Å². The molecular formula is C16H32N2O2S. The Morgan fingerprint density at radius 3 is 2.62 bits per heavy atom. The summed E-state index contributed by atoms with van der Waals surface area (Å²) in [5.41, 5.74) is 0.230. The monoisotopic (exact) mass is 316 g/mol. The van der Waals surface area contributed by atoms with Gasteiger partial charge in [-0.1, -0.05) is 32.1 Å². The number of hydrogen-bond acceptors (Lipinski definition) is 3. The van der Waals surface area contributed by atoms with Crippen LogP contribution in [0.5, 0.6) is 0 Å². The third-order valence-electron chi connectivity index (χ3n) is 5.20. The second-order valence-corrected chi connectivity index (χ2v) is 9.13. The zero-order valence-electron chi connectivity index (χ0n) is 13.5. The lowest BCUT2D eigenvalue weighted by atomic mass is 9.88. The Hall–Kier alpha value is -0.130. The summed E-state index contributed by atoms with van der Waals surface area (Å²) in [5, 5.41) is 3.52. The molecule has 0 aromatic carbocycles. The molecule has 0 spiro atoms. The maximum absolute atomic E-state index is 12.0. The lowest BCUT2D eigenvalue weighted by molar-refractivity contribution is 0.349. The van der Waals surface area contributed by atoms with E-state index in [1.807, 2.05) is 0 Å². The first-order valence-corrected chi connectivity index (χ1v) is 10.4. The highest BCUT2D eigenvalue weighted by atomic mass is 32.2. The average molecular weight is 317 g/mol. The molecule has 2 N–H and O–H groups in total. The van der Waals surface area contributed by atoms with Crippen molar-refractivity contribution in [2.24, 2.45) is 5.92 Å². The molecule has 0 bridgehead atoms. The van der Waals surface area contributed by atoms with Gasteiger partial charge in [-0.05, 0) is 51.5 Å². The van der Waals surface area contributed by atoms with E-state index in [9.17, 15) is 8.42 Å². The van der Waals surface area contributed by atoms with E-state index < -0.39 is 10.0 Å². The molecule has 0 aromatic heterocycles. The molecule has 1 saturated heterocycles. The van der Waals surface area contributed by atoms with Crippen LogP contribution in [0.2, 0.25) is 0 Å². The van der Waals surface area contributed by atoms with Crippen molar-refractivity contribution in [2.75, 3.05) is 18.8 Å². The summed E-state index contributed by atoms with van der Waals surface area (Å²) in [5.74, 6) is 0.949. The molecule has 1 atom stereocenters. The second kappa shape index (κ2) is 7.93. The molecule has 2 rings (SSSR count). The molecule has 0 radical (unpaired) electrons. The van der Waals surface area contributed by atoms with Gasteiger partial charge in [0.15, 0.2) is 0 Å². The molecule has 0 amide bonds. The SMILES string of the molecule is C[C@@]1(CCCNS(=O)(=O)CCC2CCCCC2)CCCN1. The Morgan fingerprint density at radius 1 is 1.19 bits per heavy atom. The third-order valence-corrected chi connectivity index (χ3v) is 6.62. The predicted octanol–water partition coefficient (Wildman–Crippen LogP) is 2.80. The van der Waals surface area contributed by atoms with Crippen molar-refractivity contribution in [3.63, 3.8) is 0 Å². The maximum atomic E-state index is 12.0. The highest BCUT2D eigenvalue weighted by Crippen LogP contribution is 2.26. The molecule has 0 unspecified atom stereocenters. The molecule has 1 aliphatic carbocycles. The van der Waals surface area contributed by atoms with E-state index in [2.05, 4.69) is 17.0 Å². The number of hydrogen-bond donors (Lipinski definition) is 2. The van der Waals surface area contributed by atoms with Crippen LogP contribution in [0.15, 0.2) is 0 Å². The molecule has 1 saturated carbocycles. The van der Waals surface area contributed by atoms with E-state index in [1.54, 1.807) is 0 Å². The van der Waals surface area contributed by atoms with Crippen LogP contribution in [0, 0.1) is 5.92 Å². The molecule has 2 fully saturated rings. The summed E-state index contributed by atoms with van der Waals surface area (Å²) in [7, 11) is -3.07. The van der Waals surface area contributed by atoms with Gasteiger partial charge in [0.25, 0.3) is 0 Å². The van der Waals surface area contributed by atoms with Crippen molar-refractivity contribution in [1.82, 2.24) is 10.0 Å². The zero-order chi connectivity index (χ0) is 15.2. The smallest absolute Gasteiger partial charge is 0.211 e. The minimum atomic E-state index is -3.07. The summed E-state index contributed by atoms with van der Waals surface area (Å²) in [6, 6.07) is 0. The van der Waals surface area contributed by atoms with Gasteiger partial charge in [-0.25, -0.2) is 13.1 Å². The Morgan fingerprint density at radius 2 is 1.95 bits per heavy atom. The van der Waals surface area contributed by atoms with Crippen molar-refractivity contribution >= 4 is 10.0 Å². The zero-order valence-corrected chi connectivity index (χ0v) is 14.3. The van der Waals surface area contributed by atoms with E-state index in [-0.39, 0.29) is 5.54 Å². The summed E-state index contributed by atoms with van der Waals surface area (Å²) in [6.07, 6.45) is 11.6. The lowest BCUT2D eigenvalue weighted by Gasteiger charge is -2.24. The van der Waals surface area contributed by atoms with Gasteiger partial charge in [0.05, 0.1) is 5.75 Å². The van der Waals surface area contributed by atoms with Gasteiger partial charge in [0.1, 0.15) is 0 Å². The van der Waals surface area contributed by atoms with Gasteiger partial charge in [-0.15, -0.1) is 0 Å². The Balaban J connectivity index is 1.59. The maximum Gasteiger partial charge on any atom is 0.211 e. The molecule has 1 aliphatic heterocycles. The standard InChI is InChI=1S/C16H32N2O2S/c1-16(10-5-12-17-16)11-6-13-18-21(19,20)14-9-15-7-3-2-4-8-15/h15,17-18H,2-14H2,1H3/t16-/m0/s1. The summed E-state index contributed by atoms with van der Waals surface area (Å²) in [6.45, 7) is 3.94. The lowest BCUT2D eigenvalue weighted by Crippen LogP contribution is -2.37. The van der Waals surface area contributed by atoms with Crippen molar-refractivity contribution in [1.29, 1.82) is 0 Å². The van der Waals surface area contributed by atoms with Crippen LogP contribution in [0.25, 0.3) is 0 Å². The molecule has 5 heteroatoms. The largest absolute Gasteiger partial charge is 0.312 e. The van der Waals surface area contributed by atoms with Crippen LogP contribution < -0.4 is 10.0 Å². The fourth-order valence-corrected chi connectivity index (χ4v) is 4.99. The first kappa shape index (κ1) is 17.2. The van der Waals surface area contributed by atoms with E-state index in [4.69, 9.17) is 0 Å². The van der Waals surface area contributed by atoms with Gasteiger partial charge in [0.2, 0.25) is 10.0 Å². The minimum absolute atomic E-state index is 0.230. The summed E-state index contributed by atoms with van der Waals surface area (Å²) >= 11 is 0. The fraction of sp³-hybridized carbons (Fsp3) is 1.00. The quantitative estimate of drug-likeness (QED) is 0.677. The van der Waals surface area contributed by atoms with Gasteiger partial charge < -0.3 is 5.32 Å². The molecule has 124 valence electrons. The molecule has 2 aliphatic rings. The highest BCUT2D eigenvalue weighted by molar-refractivity contribution is 7.89. The topological polar surface area (TPSA) is 58.2 Å². The Labute approximate surface area is 130 Å². The van der Waals surface area contributed by atoms with Crippen LogP contribution >= 0.6 is 0 Å². The van der Waals surface area contributed by atoms with Crippen LogP contribution in [0.4, 0.5) is 0 Å². The van der Waals surface area contributed by atoms with Crippen LogP contribution in [-0.4, -0.2) is 32.8 Å². The average Bonchev–Trinajstić information content (AvgIpc) is 2.90. The normalized spacial score (nSPS) is 28.0. The third kappa shape index (κ3) is 6.25. The van der Waals surface area contributed by atoms with Gasteiger partial charge >= 0.3 is 0 Å². The molecule has 4 nitrogen and oxygen atoms in total. The van der Waals surface area contributed by atoms with Crippen LogP contribution in [0.3, 0.4) is 0 Å². The number of nitrogens with one attached hydrogen (secondary N) is 2. The highest BCUT2D eigenvalue weighted by Gasteiger charge is 2.27. The number of sulfonamides is 1. The summed E-state index contributed by atoms with van der Waals surface area (Å²) < 4.78 is 26.8. The Bertz CT molecular complexity index is 397. The Kier molecular flexibility index (Phi) is 6.51. The van der Waals surface area contributed by atoms with E-state index in [0.717, 1.165) is 25.8 Å². The predicted molar refractivity (Wildman–Crippen MR) is 87.9 cm³/mol. The van der Waals surface area contributed by atoms with Crippen LogP contribution in [0.1, 0.15) is 71.1 Å². The van der Waals surface area contributed by atoms with E-state index in [0.29, 0.717) is 18.2 Å². The summed E-state index contributed by atoms with van der Waals surface area (Å²) in [4.78, 5) is 0. The van der Waals surface area contributed by atoms with Crippen molar-refractivity contribution in [3.05, 3.63) is 0 Å². The van der Waals surface area contributed by atoms with Crippen molar-refractivity contribution in [2.45, 2.75) is 76.7 Å². The molecule has 21 heavy (non-hydrogen) atoms. The first-order chi connectivity index (χ1) is 9.99. The number of rotatable bonds is 8. The fourth-order valence-electron chi connectivity index (χ4n) is 3.75. The van der Waals surface area contributed by atoms with Crippen LogP contribution in [-0.2, 0) is 10.0 Å². The van der Waals surface area contributed by atoms with Crippen molar-refractivity contribution in [3.8, 4) is 0 Å². The first-order valence-electron chi connectivity index (χ1n) is 8.72. The molecule has 0 aromatic rings. The minimum Gasteiger partial charge on any atom is -0.312 e. The van der Waals surface area contributed by atoms with Gasteiger partial charge in [0, 0.05) is 12.1 Å². The van der Waals surface area contributed by atoms with Crippen molar-refractivity contribution < 1.29 is 8.42 Å². The van der Waals surface area contributed by atoms with Gasteiger partial charge in [-0.2, -0.15) is 0 Å². The molecule has 1 heterocycles.